The summed E-state index contributed by atoms with van der Waals surface area (Å²) in [5.41, 5.74) is 8.81. The normalized spacial score (nSPS) is 30.6. The maximum absolute atomic E-state index is 14.3. The summed E-state index contributed by atoms with van der Waals surface area (Å²) in [7, 11) is -4.07. The lowest BCUT2D eigenvalue weighted by molar-refractivity contribution is -1.08. The largest absolute Gasteiger partial charge is 1.00 e. The molecular weight excluding hydrogens is 642 g/mol. The standard InChI is InChI=1S/C34H44N5O6S.ClH/c1-22-27(32(34(42)43)37-31(22)30(23(2)40)33(37)41)21-36-28-7-4-3-6-25(28)26-20-24(8-9-29(26)46(36,44)45)10-13-39-17-14-38(15-18-39,16-19-39)12-5-11-35;/h3-4,6-9,20,22-23,30-31,40H,5,10-19,21,35H2,1-2H3;1H/q+1;/p-1/t22-,23+,30+,31+,38?,39?;/m0./s1. The Balaban J connectivity index is 0.00000386. The fraction of sp³-hybridized carbons (Fsp3) is 0.529. The minimum Gasteiger partial charge on any atom is -1.00 e. The number of anilines is 1. The zero-order chi connectivity index (χ0) is 32.6. The van der Waals surface area contributed by atoms with Crippen LogP contribution in [0.3, 0.4) is 0 Å². The number of β-lactam (4-membered cyclic amide) rings is 1. The van der Waals surface area contributed by atoms with Crippen LogP contribution < -0.4 is 27.6 Å². The molecule has 1 amide bonds. The number of carbonyl (C=O) groups excluding carboxylic acids is 2. The molecule has 8 rings (SSSR count). The van der Waals surface area contributed by atoms with Crippen LogP contribution >= 0.6 is 0 Å². The Hall–Kier alpha value is -3.00. The number of aliphatic hydroxyl groups is 1. The zero-order valence-corrected chi connectivity index (χ0v) is 28.5. The fourth-order valence-electron chi connectivity index (χ4n) is 8.91. The number of para-hydroxylation sites is 1. The number of nitrogens with zero attached hydrogens (tertiary/aromatic N) is 4. The Bertz CT molecular complexity index is 1720. The number of rotatable bonds is 10. The lowest BCUT2D eigenvalue weighted by Gasteiger charge is -2.55. The van der Waals surface area contributed by atoms with Crippen LogP contribution in [-0.2, 0) is 26.0 Å². The molecule has 4 saturated heterocycles. The summed E-state index contributed by atoms with van der Waals surface area (Å²) in [6.45, 7) is 13.1. The first kappa shape index (κ1) is 33.9. The van der Waals surface area contributed by atoms with Gasteiger partial charge in [0.25, 0.3) is 10.0 Å². The minimum absolute atomic E-state index is 0. The summed E-state index contributed by atoms with van der Waals surface area (Å²) in [6.07, 6.45) is 0.979. The van der Waals surface area contributed by atoms with Crippen LogP contribution in [0, 0.1) is 11.8 Å². The fourth-order valence-corrected chi connectivity index (χ4v) is 10.6. The summed E-state index contributed by atoms with van der Waals surface area (Å²) in [5, 5.41) is 22.6. The molecule has 2 aromatic carbocycles. The van der Waals surface area contributed by atoms with E-state index in [4.69, 9.17) is 5.73 Å². The van der Waals surface area contributed by atoms with Crippen molar-refractivity contribution >= 4 is 27.6 Å². The van der Waals surface area contributed by atoms with Gasteiger partial charge in [0, 0.05) is 29.9 Å². The smallest absolute Gasteiger partial charge is 0.265 e. The molecule has 0 spiro atoms. The predicted molar refractivity (Wildman–Crippen MR) is 170 cm³/mol. The van der Waals surface area contributed by atoms with Crippen LogP contribution in [-0.4, -0.2) is 117 Å². The molecule has 0 saturated carbocycles. The molecule has 0 unspecified atom stereocenters. The van der Waals surface area contributed by atoms with Crippen molar-refractivity contribution < 1.29 is 49.6 Å². The minimum atomic E-state index is -4.07. The third-order valence-corrected chi connectivity index (χ3v) is 13.6. The molecule has 6 aliphatic heterocycles. The molecule has 3 N–H and O–H groups in total. The quantitative estimate of drug-likeness (QED) is 0.204. The van der Waals surface area contributed by atoms with Gasteiger partial charge in [-0.1, -0.05) is 31.2 Å². The summed E-state index contributed by atoms with van der Waals surface area (Å²) >= 11 is 0. The second-order valence-electron chi connectivity index (χ2n) is 14.1. The highest BCUT2D eigenvalue weighted by molar-refractivity contribution is 7.93. The molecule has 4 atom stereocenters. The molecule has 11 nitrogen and oxygen atoms in total. The number of halogens is 1. The van der Waals surface area contributed by atoms with Gasteiger partial charge in [-0.05, 0) is 42.8 Å². The monoisotopic (exact) mass is 685 g/mol. The van der Waals surface area contributed by atoms with Crippen molar-refractivity contribution in [2.24, 2.45) is 17.6 Å². The van der Waals surface area contributed by atoms with Gasteiger partial charge in [-0.3, -0.25) is 9.10 Å². The van der Waals surface area contributed by atoms with Crippen molar-refractivity contribution in [3.63, 3.8) is 0 Å². The molecule has 0 radical (unpaired) electrons. The van der Waals surface area contributed by atoms with Gasteiger partial charge >= 0.3 is 0 Å². The van der Waals surface area contributed by atoms with Crippen LogP contribution in [0.2, 0.25) is 0 Å². The number of nitrogens with two attached hydrogens (primary N) is 1. The number of hydrogen-bond acceptors (Lipinski definition) is 7. The predicted octanol–water partition coefficient (Wildman–Crippen LogP) is -2.72. The Morgan fingerprint density at radius 2 is 1.68 bits per heavy atom. The number of sulfonamides is 1. The second kappa shape index (κ2) is 12.2. The molecule has 254 valence electrons. The molecule has 4 fully saturated rings. The molecule has 47 heavy (non-hydrogen) atoms. The number of hydrogen-bond donors (Lipinski definition) is 2. The van der Waals surface area contributed by atoms with Gasteiger partial charge in [-0.25, -0.2) is 8.42 Å². The SMILES string of the molecule is C[C@@H](O)[C@H]1C(=O)N2C(C(=O)[O-])=C(CN3c4ccccc4-c4cc(CC[N+]56CC[N+](CCCN)(CC5)CC6)ccc4S3(=O)=O)[C@H](C)[C@H]12.[Cl-]. The van der Waals surface area contributed by atoms with Crippen molar-refractivity contribution in [2.45, 2.75) is 43.7 Å². The highest BCUT2D eigenvalue weighted by Crippen LogP contribution is 2.49. The number of aliphatic carboxylic acids is 1. The third-order valence-electron chi connectivity index (χ3n) is 11.8. The average molecular weight is 686 g/mol. The molecule has 6 aliphatic rings. The third kappa shape index (κ3) is 5.28. The first-order chi connectivity index (χ1) is 21.9. The van der Waals surface area contributed by atoms with Gasteiger partial charge in [-0.2, -0.15) is 0 Å². The zero-order valence-electron chi connectivity index (χ0n) is 27.0. The summed E-state index contributed by atoms with van der Waals surface area (Å²) in [4.78, 5) is 26.5. The van der Waals surface area contributed by atoms with Crippen molar-refractivity contribution in [2.75, 3.05) is 69.8 Å². The average Bonchev–Trinajstić information content (AvgIpc) is 3.29. The van der Waals surface area contributed by atoms with Crippen LogP contribution in [0.5, 0.6) is 0 Å². The van der Waals surface area contributed by atoms with Crippen LogP contribution in [0.15, 0.2) is 58.6 Å². The first-order valence-corrected chi connectivity index (χ1v) is 18.0. The topological polar surface area (TPSA) is 144 Å². The Labute approximate surface area is 282 Å². The number of carboxylic acids is 1. The Kier molecular flexibility index (Phi) is 8.76. The summed E-state index contributed by atoms with van der Waals surface area (Å²) in [6, 6.07) is 12.4. The van der Waals surface area contributed by atoms with E-state index in [0.717, 1.165) is 41.5 Å². The van der Waals surface area contributed by atoms with E-state index < -0.39 is 45.9 Å². The van der Waals surface area contributed by atoms with Gasteiger partial charge in [0.2, 0.25) is 5.91 Å². The number of amides is 1. The van der Waals surface area contributed by atoms with Gasteiger partial charge in [0.05, 0.1) is 59.9 Å². The number of carbonyl (C=O) groups is 2. The van der Waals surface area contributed by atoms with Crippen molar-refractivity contribution in [1.82, 2.24) is 4.90 Å². The van der Waals surface area contributed by atoms with E-state index in [1.54, 1.807) is 25.1 Å². The molecule has 2 aromatic rings. The van der Waals surface area contributed by atoms with Gasteiger partial charge < -0.3 is 47.0 Å². The van der Waals surface area contributed by atoms with E-state index in [1.165, 1.54) is 66.4 Å². The van der Waals surface area contributed by atoms with E-state index in [-0.39, 0.29) is 29.5 Å². The van der Waals surface area contributed by atoms with E-state index >= 15 is 0 Å². The molecule has 2 bridgehead atoms. The lowest BCUT2D eigenvalue weighted by Crippen LogP contribution is -3.00. The number of quaternary nitrogens is 2. The number of piperazine rings is 3. The van der Waals surface area contributed by atoms with Crippen molar-refractivity contribution in [3.05, 3.63) is 59.3 Å². The molecule has 0 aromatic heterocycles. The highest BCUT2D eigenvalue weighted by atomic mass is 35.5. The Morgan fingerprint density at radius 3 is 2.30 bits per heavy atom. The van der Waals surface area contributed by atoms with Crippen LogP contribution in [0.1, 0.15) is 25.8 Å². The second-order valence-corrected chi connectivity index (χ2v) is 16.0. The van der Waals surface area contributed by atoms with E-state index in [1.807, 2.05) is 24.3 Å². The molecule has 6 heterocycles. The summed E-state index contributed by atoms with van der Waals surface area (Å²) in [5.74, 6) is -3.23. The lowest BCUT2D eigenvalue weighted by atomic mass is 9.77. The highest BCUT2D eigenvalue weighted by Gasteiger charge is 2.59. The number of fused-ring (bicyclic) bond motifs is 7. The molecule has 0 aliphatic carbocycles. The van der Waals surface area contributed by atoms with E-state index in [2.05, 4.69) is 0 Å². The van der Waals surface area contributed by atoms with E-state index in [0.29, 0.717) is 16.8 Å². The maximum atomic E-state index is 14.3. The van der Waals surface area contributed by atoms with Crippen LogP contribution in [0.25, 0.3) is 11.1 Å². The van der Waals surface area contributed by atoms with E-state index in [9.17, 15) is 28.2 Å². The Morgan fingerprint density at radius 1 is 1.04 bits per heavy atom. The molecule has 13 heteroatoms. The van der Waals surface area contributed by atoms with Gasteiger partial charge in [0.1, 0.15) is 39.3 Å². The van der Waals surface area contributed by atoms with Crippen LogP contribution in [0.4, 0.5) is 5.69 Å². The number of aliphatic hydroxyl groups excluding tert-OH is 1. The molecular formula is C34H44ClN5O6S. The van der Waals surface area contributed by atoms with Gasteiger partial charge in [0.15, 0.2) is 0 Å². The van der Waals surface area contributed by atoms with Crippen molar-refractivity contribution in [1.29, 1.82) is 0 Å². The first-order valence-electron chi connectivity index (χ1n) is 16.5. The summed E-state index contributed by atoms with van der Waals surface area (Å²) < 4.78 is 32.2. The maximum Gasteiger partial charge on any atom is 0.265 e. The van der Waals surface area contributed by atoms with Gasteiger partial charge in [-0.15, -0.1) is 0 Å². The number of carboxylic acid groups (broad SMARTS) is 1. The number of benzene rings is 2. The van der Waals surface area contributed by atoms with Crippen molar-refractivity contribution in [3.8, 4) is 11.1 Å².